The third-order valence-electron chi connectivity index (χ3n) is 1.61. The average molecular weight is 195 g/mol. The Labute approximate surface area is 80.7 Å². The molecule has 0 spiro atoms. The van der Waals surface area contributed by atoms with Crippen molar-refractivity contribution in [3.05, 3.63) is 47.4 Å². The highest BCUT2D eigenvalue weighted by molar-refractivity contribution is 5.80. The van der Waals surface area contributed by atoms with Gasteiger partial charge >= 0.3 is 5.97 Å². The van der Waals surface area contributed by atoms with Crippen LogP contribution in [-0.4, -0.2) is 11.1 Å². The first-order valence-corrected chi connectivity index (χ1v) is 4.01. The molecule has 0 amide bonds. The Morgan fingerprint density at radius 1 is 1.57 bits per heavy atom. The highest BCUT2D eigenvalue weighted by Gasteiger charge is 1.99. The number of hydrogen-bond donors (Lipinski definition) is 2. The summed E-state index contributed by atoms with van der Waals surface area (Å²) in [5, 5.41) is 8.39. The van der Waals surface area contributed by atoms with Gasteiger partial charge < -0.3 is 10.8 Å². The number of carbonyl (C=O) groups is 1. The van der Waals surface area contributed by atoms with Gasteiger partial charge in [-0.1, -0.05) is 12.1 Å². The minimum absolute atomic E-state index is 0.197. The molecule has 74 valence electrons. The van der Waals surface area contributed by atoms with E-state index in [2.05, 4.69) is 0 Å². The summed E-state index contributed by atoms with van der Waals surface area (Å²) in [6.07, 6.45) is 1.15. The van der Waals surface area contributed by atoms with E-state index in [9.17, 15) is 9.18 Å². The van der Waals surface area contributed by atoms with Crippen molar-refractivity contribution in [2.24, 2.45) is 5.73 Å². The van der Waals surface area contributed by atoms with Gasteiger partial charge in [0.05, 0.1) is 0 Å². The zero-order valence-corrected chi connectivity index (χ0v) is 7.40. The smallest absolute Gasteiger partial charge is 0.330 e. The average Bonchev–Trinajstić information content (AvgIpc) is 2.01. The van der Waals surface area contributed by atoms with Crippen LogP contribution in [0.25, 0.3) is 0 Å². The molecule has 0 radical (unpaired) electrons. The van der Waals surface area contributed by atoms with E-state index in [1.165, 1.54) is 12.1 Å². The number of benzene rings is 1. The van der Waals surface area contributed by atoms with Crippen LogP contribution in [0.3, 0.4) is 0 Å². The first kappa shape index (κ1) is 10.2. The van der Waals surface area contributed by atoms with Gasteiger partial charge in [0.2, 0.25) is 0 Å². The summed E-state index contributed by atoms with van der Waals surface area (Å²) in [5.41, 5.74) is 6.26. The molecule has 0 fully saturated rings. The maximum absolute atomic E-state index is 12.7. The minimum atomic E-state index is -1.10. The Kier molecular flexibility index (Phi) is 3.23. The number of carboxylic acid groups (broad SMARTS) is 1. The summed E-state index contributed by atoms with van der Waals surface area (Å²) in [6.45, 7) is 0. The van der Waals surface area contributed by atoms with E-state index in [-0.39, 0.29) is 17.9 Å². The predicted molar refractivity (Wildman–Crippen MR) is 50.0 cm³/mol. The van der Waals surface area contributed by atoms with Crippen molar-refractivity contribution >= 4 is 5.97 Å². The van der Waals surface area contributed by atoms with Crippen LogP contribution in [0, 0.1) is 5.82 Å². The molecule has 0 aliphatic carbocycles. The van der Waals surface area contributed by atoms with Gasteiger partial charge in [-0.25, -0.2) is 9.18 Å². The van der Waals surface area contributed by atoms with Crippen molar-refractivity contribution in [1.82, 2.24) is 0 Å². The van der Waals surface area contributed by atoms with Gasteiger partial charge in [-0.3, -0.25) is 0 Å². The van der Waals surface area contributed by atoms with Gasteiger partial charge in [-0.15, -0.1) is 0 Å². The molecule has 1 rings (SSSR count). The Bertz CT molecular complexity index is 374. The molecule has 0 atom stereocenters. The van der Waals surface area contributed by atoms with Gasteiger partial charge in [0.25, 0.3) is 0 Å². The number of rotatable bonds is 3. The summed E-state index contributed by atoms with van der Waals surface area (Å²) in [7, 11) is 0. The van der Waals surface area contributed by atoms with Crippen molar-refractivity contribution in [2.45, 2.75) is 6.42 Å². The molecule has 0 heterocycles. The van der Waals surface area contributed by atoms with Crippen LogP contribution in [0.2, 0.25) is 0 Å². The van der Waals surface area contributed by atoms with Crippen molar-refractivity contribution in [3.8, 4) is 0 Å². The van der Waals surface area contributed by atoms with Crippen molar-refractivity contribution in [3.63, 3.8) is 0 Å². The van der Waals surface area contributed by atoms with Crippen molar-refractivity contribution < 1.29 is 14.3 Å². The SMILES string of the molecule is NC(=CC(=O)O)Cc1cccc(F)c1. The van der Waals surface area contributed by atoms with Crippen LogP contribution in [0.15, 0.2) is 36.0 Å². The molecule has 1 aromatic carbocycles. The molecule has 0 bridgehead atoms. The lowest BCUT2D eigenvalue weighted by molar-refractivity contribution is -0.131. The quantitative estimate of drug-likeness (QED) is 0.714. The standard InChI is InChI=1S/C10H10FNO2/c11-8-3-1-2-7(4-8)5-9(12)6-10(13)14/h1-4,6H,5,12H2,(H,13,14). The zero-order valence-electron chi connectivity index (χ0n) is 7.40. The van der Waals surface area contributed by atoms with E-state index < -0.39 is 5.97 Å². The second-order valence-corrected chi connectivity index (χ2v) is 2.86. The van der Waals surface area contributed by atoms with Crippen molar-refractivity contribution in [1.29, 1.82) is 0 Å². The Hall–Kier alpha value is -1.84. The molecule has 0 unspecified atom stereocenters. The molecule has 0 aliphatic heterocycles. The number of nitrogens with two attached hydrogens (primary N) is 1. The first-order chi connectivity index (χ1) is 6.58. The molecule has 14 heavy (non-hydrogen) atoms. The van der Waals surface area contributed by atoms with Crippen LogP contribution in [-0.2, 0) is 11.2 Å². The Morgan fingerprint density at radius 3 is 2.86 bits per heavy atom. The lowest BCUT2D eigenvalue weighted by Crippen LogP contribution is -2.04. The zero-order chi connectivity index (χ0) is 10.6. The van der Waals surface area contributed by atoms with Gasteiger partial charge in [0.1, 0.15) is 5.82 Å². The van der Waals surface area contributed by atoms with Crippen molar-refractivity contribution in [2.75, 3.05) is 0 Å². The maximum atomic E-state index is 12.7. The highest BCUT2D eigenvalue weighted by atomic mass is 19.1. The number of allylic oxidation sites excluding steroid dienone is 1. The van der Waals surface area contributed by atoms with Gasteiger partial charge in [-0.05, 0) is 17.7 Å². The molecule has 3 N–H and O–H groups in total. The molecule has 0 aliphatic rings. The molecule has 3 nitrogen and oxygen atoms in total. The molecule has 4 heteroatoms. The van der Waals surface area contributed by atoms with E-state index in [0.717, 1.165) is 6.08 Å². The van der Waals surface area contributed by atoms with Crippen LogP contribution in [0.1, 0.15) is 5.56 Å². The summed E-state index contributed by atoms with van der Waals surface area (Å²) < 4.78 is 12.7. The predicted octanol–water partition coefficient (Wildman–Crippen LogP) is 1.30. The second kappa shape index (κ2) is 4.41. The van der Waals surface area contributed by atoms with E-state index in [1.807, 2.05) is 0 Å². The number of halogens is 1. The first-order valence-electron chi connectivity index (χ1n) is 4.01. The largest absolute Gasteiger partial charge is 0.478 e. The van der Waals surface area contributed by atoms with Crippen LogP contribution >= 0.6 is 0 Å². The molecular formula is C10H10FNO2. The van der Waals surface area contributed by atoms with Gasteiger partial charge in [0, 0.05) is 18.2 Å². The van der Waals surface area contributed by atoms with E-state index in [4.69, 9.17) is 10.8 Å². The van der Waals surface area contributed by atoms with E-state index in [1.54, 1.807) is 12.1 Å². The molecule has 0 saturated carbocycles. The Balaban J connectivity index is 2.74. The van der Waals surface area contributed by atoms with Crippen LogP contribution in [0.4, 0.5) is 4.39 Å². The number of aliphatic carboxylic acids is 1. The van der Waals surface area contributed by atoms with E-state index in [0.29, 0.717) is 5.56 Å². The summed E-state index contributed by atoms with van der Waals surface area (Å²) in [6, 6.07) is 5.88. The summed E-state index contributed by atoms with van der Waals surface area (Å²) in [4.78, 5) is 10.2. The van der Waals surface area contributed by atoms with E-state index >= 15 is 0 Å². The third-order valence-corrected chi connectivity index (χ3v) is 1.61. The summed E-state index contributed by atoms with van der Waals surface area (Å²) in [5.74, 6) is -1.45. The second-order valence-electron chi connectivity index (χ2n) is 2.86. The molecule has 1 aromatic rings. The minimum Gasteiger partial charge on any atom is -0.478 e. The fourth-order valence-corrected chi connectivity index (χ4v) is 1.09. The van der Waals surface area contributed by atoms with Gasteiger partial charge in [-0.2, -0.15) is 0 Å². The fourth-order valence-electron chi connectivity index (χ4n) is 1.09. The normalized spacial score (nSPS) is 11.4. The highest BCUT2D eigenvalue weighted by Crippen LogP contribution is 2.06. The fraction of sp³-hybridized carbons (Fsp3) is 0.100. The lowest BCUT2D eigenvalue weighted by atomic mass is 10.1. The third kappa shape index (κ3) is 3.26. The molecule has 0 aromatic heterocycles. The maximum Gasteiger partial charge on any atom is 0.330 e. The lowest BCUT2D eigenvalue weighted by Gasteiger charge is -2.00. The Morgan fingerprint density at radius 2 is 2.29 bits per heavy atom. The molecule has 0 saturated heterocycles. The topological polar surface area (TPSA) is 63.3 Å². The summed E-state index contributed by atoms with van der Waals surface area (Å²) >= 11 is 0. The van der Waals surface area contributed by atoms with Crippen LogP contribution in [0.5, 0.6) is 0 Å². The van der Waals surface area contributed by atoms with Crippen LogP contribution < -0.4 is 5.73 Å². The molecular weight excluding hydrogens is 185 g/mol. The number of hydrogen-bond acceptors (Lipinski definition) is 2. The number of carboxylic acids is 1. The van der Waals surface area contributed by atoms with Gasteiger partial charge in [0.15, 0.2) is 0 Å². The monoisotopic (exact) mass is 195 g/mol.